The number of phenols is 1. The van der Waals surface area contributed by atoms with E-state index in [4.69, 9.17) is 24.7 Å². The van der Waals surface area contributed by atoms with Crippen molar-refractivity contribution in [2.75, 3.05) is 26.2 Å². The van der Waals surface area contributed by atoms with Crippen LogP contribution in [0.25, 0.3) is 21.8 Å². The van der Waals surface area contributed by atoms with E-state index in [2.05, 4.69) is 15.3 Å². The summed E-state index contributed by atoms with van der Waals surface area (Å²) in [6.07, 6.45) is 1.99. The monoisotopic (exact) mass is 1140 g/mol. The van der Waals surface area contributed by atoms with E-state index in [1.165, 1.54) is 45.2 Å². The van der Waals surface area contributed by atoms with Crippen molar-refractivity contribution in [2.45, 2.75) is 83.6 Å². The van der Waals surface area contributed by atoms with Gasteiger partial charge in [-0.25, -0.2) is 23.2 Å². The molecule has 2 aromatic heterocycles. The van der Waals surface area contributed by atoms with Crippen molar-refractivity contribution >= 4 is 51.9 Å². The number of fused-ring (bicyclic) bond motifs is 4. The number of likely N-dealkylation sites (tertiary alicyclic amines) is 2. The molecule has 2 unspecified atom stereocenters. The van der Waals surface area contributed by atoms with E-state index < -0.39 is 35.9 Å². The van der Waals surface area contributed by atoms with E-state index in [1.54, 1.807) is 80.4 Å². The Morgan fingerprint density at radius 2 is 1.13 bits per heavy atom. The maximum atomic E-state index is 14.5. The standard InChI is InChI=1S/C41H39FN4O6.C23H21FN4O4/c1-41(2,3)52-39(48)44-30-20-22-45(24-30)40(49)51-36-31-15-10-21-43-34(31)37(50-35(27-11-6-4-7-12-27)28-13-8-5-9-14-28)33-32(36)25-46(38(33)47)23-26-16-18-29(42)19-17-26;24-14-5-3-13(4-6-14)10-28-12-17-18(22(28)30)20(29)19-16(2-1-8-26-19)21(17)32-23(31)27-9-7-15(25)11-27/h4-19,21,30,35H,20,22-25H2,1-3H3,(H,44,48);1-6,8,15,29H,7,9-12,25H2. The first-order valence-electron chi connectivity index (χ1n) is 27.5. The highest BCUT2D eigenvalue weighted by Gasteiger charge is 2.41. The number of alkyl carbamates (subject to hydrolysis) is 1. The SMILES string of the molecule is CC(C)(C)OC(=O)NC1CCN(C(=O)Oc2c3c(c(OC(c4ccccc4)c4ccccc4)c4ncccc24)C(=O)N(Cc2ccc(F)cc2)C3)C1.NC1CCN(C(=O)Oc2c3c(c(O)c4ncccc24)C(=O)N(Cc2ccc(F)cc2)C3)C1. The Hall–Kier alpha value is -9.69. The van der Waals surface area contributed by atoms with Gasteiger partial charge in [-0.3, -0.25) is 19.6 Å². The number of hydrogen-bond acceptors (Lipinski definition) is 13. The molecule has 4 aliphatic rings. The molecule has 0 spiro atoms. The third-order valence-electron chi connectivity index (χ3n) is 14.9. The van der Waals surface area contributed by atoms with Crippen LogP contribution in [-0.2, 0) is 30.9 Å². The lowest BCUT2D eigenvalue weighted by atomic mass is 9.99. The first-order valence-corrected chi connectivity index (χ1v) is 27.5. The highest BCUT2D eigenvalue weighted by atomic mass is 19.1. The summed E-state index contributed by atoms with van der Waals surface area (Å²) in [6, 6.07) is 37.7. The summed E-state index contributed by atoms with van der Waals surface area (Å²) in [7, 11) is 0. The Bertz CT molecular complexity index is 3770. The van der Waals surface area contributed by atoms with Gasteiger partial charge in [0.1, 0.15) is 45.9 Å². The van der Waals surface area contributed by atoms with Gasteiger partial charge in [-0.1, -0.05) is 84.9 Å². The van der Waals surface area contributed by atoms with Gasteiger partial charge in [-0.2, -0.15) is 0 Å². The molecule has 430 valence electrons. The zero-order valence-electron chi connectivity index (χ0n) is 46.3. The van der Waals surface area contributed by atoms with Crippen LogP contribution in [-0.4, -0.2) is 109 Å². The fourth-order valence-corrected chi connectivity index (χ4v) is 10.9. The maximum Gasteiger partial charge on any atom is 0.415 e. The lowest BCUT2D eigenvalue weighted by molar-refractivity contribution is 0.0504. The largest absolute Gasteiger partial charge is 0.505 e. The number of hydrogen-bond donors (Lipinski definition) is 3. The first kappa shape index (κ1) is 56.2. The van der Waals surface area contributed by atoms with E-state index in [9.17, 15) is 37.9 Å². The van der Waals surface area contributed by atoms with Crippen molar-refractivity contribution in [1.29, 1.82) is 0 Å². The predicted molar refractivity (Wildman–Crippen MR) is 306 cm³/mol. The molecule has 2 fully saturated rings. The Labute approximate surface area is 482 Å². The molecule has 0 aliphatic carbocycles. The van der Waals surface area contributed by atoms with Crippen molar-refractivity contribution in [3.63, 3.8) is 0 Å². The number of aromatic nitrogens is 2. The van der Waals surface area contributed by atoms with Crippen LogP contribution in [0.4, 0.5) is 23.2 Å². The van der Waals surface area contributed by atoms with Gasteiger partial charge in [0, 0.05) is 79.6 Å². The summed E-state index contributed by atoms with van der Waals surface area (Å²) in [5.41, 5.74) is 10.2. The normalized spacial score (nSPS) is 16.4. The number of pyridine rings is 2. The second-order valence-electron chi connectivity index (χ2n) is 22.0. The van der Waals surface area contributed by atoms with E-state index in [0.717, 1.165) is 22.3 Å². The van der Waals surface area contributed by atoms with Gasteiger partial charge in [-0.05, 0) is 104 Å². The topological polar surface area (TPSA) is 219 Å². The minimum atomic E-state index is -0.656. The van der Waals surface area contributed by atoms with Crippen molar-refractivity contribution in [3.05, 3.63) is 202 Å². The summed E-state index contributed by atoms with van der Waals surface area (Å²) >= 11 is 0. The van der Waals surface area contributed by atoms with Gasteiger partial charge in [0.15, 0.2) is 11.5 Å². The van der Waals surface area contributed by atoms with Crippen molar-refractivity contribution in [1.82, 2.24) is 34.9 Å². The molecule has 5 amide bonds. The third kappa shape index (κ3) is 12.0. The first-order chi connectivity index (χ1) is 40.5. The molecular weight excluding hydrogens is 1080 g/mol. The van der Waals surface area contributed by atoms with Crippen LogP contribution in [0.5, 0.6) is 23.0 Å². The van der Waals surface area contributed by atoms with Gasteiger partial charge >= 0.3 is 18.3 Å². The highest BCUT2D eigenvalue weighted by molar-refractivity contribution is 6.10. The van der Waals surface area contributed by atoms with E-state index in [0.29, 0.717) is 59.9 Å². The Balaban J connectivity index is 0.000000196. The molecule has 6 heterocycles. The zero-order chi connectivity index (χ0) is 58.8. The summed E-state index contributed by atoms with van der Waals surface area (Å²) in [5.74, 6) is -1.03. The van der Waals surface area contributed by atoms with Gasteiger partial charge in [0.25, 0.3) is 11.8 Å². The zero-order valence-corrected chi connectivity index (χ0v) is 46.3. The summed E-state index contributed by atoms with van der Waals surface area (Å²) in [6.45, 7) is 7.46. The second kappa shape index (κ2) is 23.7. The van der Waals surface area contributed by atoms with Gasteiger partial charge in [0.05, 0.1) is 30.3 Å². The van der Waals surface area contributed by atoms with E-state index in [1.807, 2.05) is 60.7 Å². The average Bonchev–Trinajstić information content (AvgIpc) is 1.72. The number of amides is 5. The Kier molecular flexibility index (Phi) is 15.8. The van der Waals surface area contributed by atoms with Crippen molar-refractivity contribution in [2.24, 2.45) is 5.73 Å². The van der Waals surface area contributed by atoms with Crippen LogP contribution < -0.4 is 25.3 Å². The van der Waals surface area contributed by atoms with Crippen molar-refractivity contribution in [3.8, 4) is 23.0 Å². The number of nitrogens with two attached hydrogens (primary N) is 1. The smallest absolute Gasteiger partial charge is 0.415 e. The fraction of sp³-hybridized carbons (Fsp3) is 0.266. The number of carbonyl (C=O) groups is 5. The summed E-state index contributed by atoms with van der Waals surface area (Å²) in [4.78, 5) is 81.7. The lowest BCUT2D eigenvalue weighted by Crippen LogP contribution is -2.41. The molecule has 12 rings (SSSR count). The number of ether oxygens (including phenoxy) is 4. The molecule has 0 saturated carbocycles. The number of carbonyl (C=O) groups excluding carboxylic acids is 5. The number of rotatable bonds is 11. The van der Waals surface area contributed by atoms with Crippen LogP contribution >= 0.6 is 0 Å². The Morgan fingerprint density at radius 1 is 0.643 bits per heavy atom. The Morgan fingerprint density at radius 3 is 1.65 bits per heavy atom. The molecule has 84 heavy (non-hydrogen) atoms. The van der Waals surface area contributed by atoms with Crippen LogP contribution in [0.3, 0.4) is 0 Å². The van der Waals surface area contributed by atoms with E-state index in [-0.39, 0.29) is 102 Å². The van der Waals surface area contributed by atoms with Crippen LogP contribution in [0, 0.1) is 11.6 Å². The number of nitrogens with zero attached hydrogens (tertiary/aromatic N) is 6. The fourth-order valence-electron chi connectivity index (χ4n) is 10.9. The molecule has 20 heteroatoms. The quantitative estimate of drug-likeness (QED) is 0.110. The van der Waals surface area contributed by atoms with Crippen LogP contribution in [0.2, 0.25) is 0 Å². The molecule has 2 saturated heterocycles. The van der Waals surface area contributed by atoms with Gasteiger partial charge in [0.2, 0.25) is 0 Å². The molecule has 4 N–H and O–H groups in total. The van der Waals surface area contributed by atoms with Gasteiger partial charge in [-0.15, -0.1) is 0 Å². The molecule has 8 aromatic rings. The molecule has 4 aliphatic heterocycles. The number of nitrogens with one attached hydrogen (secondary N) is 1. The minimum Gasteiger partial charge on any atom is -0.505 e. The molecule has 18 nitrogen and oxygen atoms in total. The number of benzene rings is 6. The molecule has 0 bridgehead atoms. The third-order valence-corrected chi connectivity index (χ3v) is 14.9. The lowest BCUT2D eigenvalue weighted by Gasteiger charge is -2.24. The predicted octanol–water partition coefficient (Wildman–Crippen LogP) is 10.6. The molecule has 0 radical (unpaired) electrons. The average molecular weight is 1140 g/mol. The second-order valence-corrected chi connectivity index (χ2v) is 22.0. The molecular formula is C64H60F2N8O10. The molecule has 2 atom stereocenters. The summed E-state index contributed by atoms with van der Waals surface area (Å²) < 4.78 is 51.3. The van der Waals surface area contributed by atoms with Crippen molar-refractivity contribution < 1.29 is 56.8 Å². The number of aromatic hydroxyl groups is 1. The number of halogens is 2. The number of phenolic OH excluding ortho intramolecular Hbond substituents is 1. The maximum absolute atomic E-state index is 14.5. The highest BCUT2D eigenvalue weighted by Crippen LogP contribution is 2.48. The van der Waals surface area contributed by atoms with Crippen LogP contribution in [0.15, 0.2) is 146 Å². The van der Waals surface area contributed by atoms with Gasteiger partial charge < -0.3 is 54.7 Å². The van der Waals surface area contributed by atoms with Crippen LogP contribution in [0.1, 0.15) is 93.8 Å². The summed E-state index contributed by atoms with van der Waals surface area (Å²) in [5, 5.41) is 14.6. The minimum absolute atomic E-state index is 0.0687. The van der Waals surface area contributed by atoms with E-state index >= 15 is 0 Å². The molecule has 6 aromatic carbocycles.